The number of carbonyl (C=O) groups excluding carboxylic acids is 1. The van der Waals surface area contributed by atoms with Gasteiger partial charge in [0, 0.05) is 30.5 Å². The van der Waals surface area contributed by atoms with Crippen LogP contribution >= 0.6 is 11.6 Å². The minimum Gasteiger partial charge on any atom is -0.377 e. The maximum Gasteiger partial charge on any atom is 0.164 e. The number of ether oxygens (including phenoxy) is 1. The summed E-state index contributed by atoms with van der Waals surface area (Å²) >= 11 is 6.03. The second-order valence-corrected chi connectivity index (χ2v) is 4.85. The molecule has 0 aromatic rings. The number of nitrogens with zero attached hydrogens (tertiary/aromatic N) is 2. The summed E-state index contributed by atoms with van der Waals surface area (Å²) < 4.78 is 5.42. The molecule has 1 unspecified atom stereocenters. The van der Waals surface area contributed by atoms with Crippen molar-refractivity contribution in [3.8, 4) is 0 Å². The number of fused-ring (bicyclic) bond motifs is 2. The number of ketones is 1. The number of allylic oxidation sites excluding steroid dienone is 2. The van der Waals surface area contributed by atoms with Crippen molar-refractivity contribution in [3.05, 3.63) is 22.4 Å². The molecule has 17 heavy (non-hydrogen) atoms. The monoisotopic (exact) mass is 252 g/mol. The SMILES string of the molecule is O=C1CC2COCCN2C2=C1CN=CC(Cl)=C2. The second-order valence-electron chi connectivity index (χ2n) is 4.41. The second kappa shape index (κ2) is 4.27. The highest BCUT2D eigenvalue weighted by atomic mass is 35.5. The Kier molecular flexibility index (Phi) is 2.76. The van der Waals surface area contributed by atoms with E-state index in [4.69, 9.17) is 16.3 Å². The number of morpholine rings is 1. The van der Waals surface area contributed by atoms with Crippen LogP contribution in [0.3, 0.4) is 0 Å². The van der Waals surface area contributed by atoms with Crippen LogP contribution in [0.1, 0.15) is 6.42 Å². The maximum atomic E-state index is 12.1. The summed E-state index contributed by atoms with van der Waals surface area (Å²) in [6.07, 6.45) is 3.99. The normalized spacial score (nSPS) is 28.5. The third kappa shape index (κ3) is 1.91. The van der Waals surface area contributed by atoms with Gasteiger partial charge in [-0.05, 0) is 6.08 Å². The van der Waals surface area contributed by atoms with Gasteiger partial charge in [-0.2, -0.15) is 0 Å². The summed E-state index contributed by atoms with van der Waals surface area (Å²) in [5, 5.41) is 0.579. The first-order chi connectivity index (χ1) is 8.25. The molecule has 0 N–H and O–H groups in total. The third-order valence-corrected chi connectivity index (χ3v) is 3.55. The Hall–Kier alpha value is -1.13. The van der Waals surface area contributed by atoms with Crippen molar-refractivity contribution in [2.75, 3.05) is 26.3 Å². The van der Waals surface area contributed by atoms with Crippen molar-refractivity contribution in [2.45, 2.75) is 12.5 Å². The highest BCUT2D eigenvalue weighted by molar-refractivity contribution is 6.39. The zero-order valence-corrected chi connectivity index (χ0v) is 10.1. The lowest BCUT2D eigenvalue weighted by molar-refractivity contribution is -0.119. The van der Waals surface area contributed by atoms with Gasteiger partial charge in [0.25, 0.3) is 0 Å². The van der Waals surface area contributed by atoms with Crippen molar-refractivity contribution in [2.24, 2.45) is 4.99 Å². The summed E-state index contributed by atoms with van der Waals surface area (Å²) in [4.78, 5) is 18.5. The summed E-state index contributed by atoms with van der Waals surface area (Å²) in [5.41, 5.74) is 1.73. The molecule has 0 aliphatic carbocycles. The average molecular weight is 253 g/mol. The van der Waals surface area contributed by atoms with E-state index in [1.54, 1.807) is 6.21 Å². The van der Waals surface area contributed by atoms with E-state index >= 15 is 0 Å². The number of rotatable bonds is 0. The summed E-state index contributed by atoms with van der Waals surface area (Å²) in [6, 6.07) is 0.161. The van der Waals surface area contributed by atoms with Crippen LogP contribution in [-0.4, -0.2) is 49.2 Å². The van der Waals surface area contributed by atoms with Crippen molar-refractivity contribution < 1.29 is 9.53 Å². The Balaban J connectivity index is 2.04. The third-order valence-electron chi connectivity index (χ3n) is 3.34. The first-order valence-corrected chi connectivity index (χ1v) is 6.11. The van der Waals surface area contributed by atoms with Crippen LogP contribution in [0.15, 0.2) is 27.4 Å². The topological polar surface area (TPSA) is 41.9 Å². The van der Waals surface area contributed by atoms with Gasteiger partial charge in [-0.15, -0.1) is 0 Å². The van der Waals surface area contributed by atoms with Crippen LogP contribution in [0.2, 0.25) is 0 Å². The average Bonchev–Trinajstić information content (AvgIpc) is 2.51. The number of Topliss-reactive ketones (excluding diaryl/α,β-unsaturated/α-hetero) is 1. The molecule has 0 radical (unpaired) electrons. The summed E-state index contributed by atoms with van der Waals surface area (Å²) in [7, 11) is 0. The fourth-order valence-corrected chi connectivity index (χ4v) is 2.70. The van der Waals surface area contributed by atoms with Crippen LogP contribution in [0, 0.1) is 0 Å². The smallest absolute Gasteiger partial charge is 0.164 e. The van der Waals surface area contributed by atoms with Crippen LogP contribution in [0.4, 0.5) is 0 Å². The van der Waals surface area contributed by atoms with Gasteiger partial charge in [0.15, 0.2) is 5.78 Å². The van der Waals surface area contributed by atoms with E-state index in [2.05, 4.69) is 9.89 Å². The van der Waals surface area contributed by atoms with Gasteiger partial charge in [0.05, 0.1) is 30.8 Å². The predicted octanol–water partition coefficient (Wildman–Crippen LogP) is 1.12. The molecule has 3 aliphatic rings. The molecule has 1 saturated heterocycles. The predicted molar refractivity (Wildman–Crippen MR) is 65.3 cm³/mol. The lowest BCUT2D eigenvalue weighted by atomic mass is 9.94. The highest BCUT2D eigenvalue weighted by Gasteiger charge is 2.34. The zero-order chi connectivity index (χ0) is 11.8. The van der Waals surface area contributed by atoms with Gasteiger partial charge < -0.3 is 9.64 Å². The van der Waals surface area contributed by atoms with Gasteiger partial charge in [-0.1, -0.05) is 11.6 Å². The quantitative estimate of drug-likeness (QED) is 0.649. The van der Waals surface area contributed by atoms with Crippen LogP contribution in [0.5, 0.6) is 0 Å². The van der Waals surface area contributed by atoms with E-state index in [1.165, 1.54) is 0 Å². The van der Waals surface area contributed by atoms with E-state index in [0.29, 0.717) is 31.2 Å². The Bertz CT molecular complexity index is 453. The first kappa shape index (κ1) is 11.0. The molecular weight excluding hydrogens is 240 g/mol. The van der Waals surface area contributed by atoms with E-state index < -0.39 is 0 Å². The lowest BCUT2D eigenvalue weighted by Gasteiger charge is -2.41. The van der Waals surface area contributed by atoms with Crippen LogP contribution < -0.4 is 0 Å². The van der Waals surface area contributed by atoms with E-state index in [0.717, 1.165) is 17.8 Å². The molecule has 0 spiro atoms. The Morgan fingerprint density at radius 1 is 1.53 bits per heavy atom. The lowest BCUT2D eigenvalue weighted by Crippen LogP contribution is -2.49. The van der Waals surface area contributed by atoms with Crippen molar-refractivity contribution in [3.63, 3.8) is 0 Å². The molecule has 0 bridgehead atoms. The number of hydrogen-bond donors (Lipinski definition) is 0. The van der Waals surface area contributed by atoms with Crippen molar-refractivity contribution >= 4 is 23.6 Å². The molecule has 0 aromatic heterocycles. The number of aliphatic imine (C=N–C) groups is 1. The molecule has 1 fully saturated rings. The van der Waals surface area contributed by atoms with E-state index in [9.17, 15) is 4.79 Å². The molecule has 3 aliphatic heterocycles. The molecular formula is C12H13ClN2O2. The summed E-state index contributed by atoms with van der Waals surface area (Å²) in [5.74, 6) is 0.173. The fourth-order valence-electron chi connectivity index (χ4n) is 2.53. The fraction of sp³-hybridized carbons (Fsp3) is 0.500. The molecule has 0 saturated carbocycles. The Morgan fingerprint density at radius 2 is 2.41 bits per heavy atom. The molecule has 5 heteroatoms. The largest absolute Gasteiger partial charge is 0.377 e. The molecule has 3 heterocycles. The van der Waals surface area contributed by atoms with Crippen LogP contribution in [0.25, 0.3) is 0 Å². The van der Waals surface area contributed by atoms with Gasteiger partial charge in [-0.3, -0.25) is 9.79 Å². The summed E-state index contributed by atoms with van der Waals surface area (Å²) in [6.45, 7) is 2.57. The van der Waals surface area contributed by atoms with Gasteiger partial charge in [0.1, 0.15) is 0 Å². The number of carbonyl (C=O) groups is 1. The maximum absolute atomic E-state index is 12.1. The zero-order valence-electron chi connectivity index (χ0n) is 9.36. The molecule has 4 nitrogen and oxygen atoms in total. The highest BCUT2D eigenvalue weighted by Crippen LogP contribution is 2.30. The van der Waals surface area contributed by atoms with Crippen molar-refractivity contribution in [1.82, 2.24) is 4.90 Å². The number of hydrogen-bond acceptors (Lipinski definition) is 4. The molecule has 0 amide bonds. The number of halogens is 1. The molecule has 1 atom stereocenters. The van der Waals surface area contributed by atoms with E-state index in [1.807, 2.05) is 6.08 Å². The Morgan fingerprint density at radius 3 is 3.29 bits per heavy atom. The van der Waals surface area contributed by atoms with Gasteiger partial charge in [-0.25, -0.2) is 0 Å². The molecule has 90 valence electrons. The minimum absolute atomic E-state index is 0.161. The van der Waals surface area contributed by atoms with E-state index in [-0.39, 0.29) is 11.8 Å². The molecule has 0 aromatic carbocycles. The van der Waals surface area contributed by atoms with Gasteiger partial charge in [0.2, 0.25) is 0 Å². The minimum atomic E-state index is 0.161. The van der Waals surface area contributed by atoms with Crippen LogP contribution in [-0.2, 0) is 9.53 Å². The first-order valence-electron chi connectivity index (χ1n) is 5.73. The Labute approximate surface area is 105 Å². The molecule has 3 rings (SSSR count). The van der Waals surface area contributed by atoms with Gasteiger partial charge >= 0.3 is 0 Å². The standard InChI is InChI=1S/C12H13ClN2O2/c13-8-3-11-10(6-14-5-8)12(16)4-9-7-17-2-1-15(9)11/h3,5,9H,1-2,4,6-7H2. The van der Waals surface area contributed by atoms with Crippen molar-refractivity contribution in [1.29, 1.82) is 0 Å².